The van der Waals surface area contributed by atoms with Crippen LogP contribution in [-0.4, -0.2) is 63.5 Å². The van der Waals surface area contributed by atoms with Crippen LogP contribution in [0.2, 0.25) is 0 Å². The summed E-state index contributed by atoms with van der Waals surface area (Å²) in [6.07, 6.45) is 6.34. The zero-order chi connectivity index (χ0) is 24.0. The molecule has 7 nitrogen and oxygen atoms in total. The van der Waals surface area contributed by atoms with Crippen LogP contribution >= 0.6 is 0 Å². The predicted molar refractivity (Wildman–Crippen MR) is 137 cm³/mol. The Morgan fingerprint density at radius 3 is 2.89 bits per heavy atom. The smallest absolute Gasteiger partial charge is 0.147 e. The Kier molecular flexibility index (Phi) is 5.54. The number of aliphatic hydroxyl groups excluding tert-OH is 1. The van der Waals surface area contributed by atoms with Crippen LogP contribution in [0.4, 0.5) is 0 Å². The number of aliphatic hydroxyl groups is 1. The number of ether oxygens (including phenoxy) is 1. The third-order valence-corrected chi connectivity index (χ3v) is 7.74. The van der Waals surface area contributed by atoms with Crippen LogP contribution in [0.3, 0.4) is 0 Å². The Hall–Kier alpha value is -3.29. The minimum atomic E-state index is -0.00614. The van der Waals surface area contributed by atoms with Gasteiger partial charge >= 0.3 is 0 Å². The molecule has 1 aliphatic heterocycles. The van der Waals surface area contributed by atoms with Crippen molar-refractivity contribution in [2.24, 2.45) is 0 Å². The lowest BCUT2D eigenvalue weighted by molar-refractivity contribution is 0.215. The Morgan fingerprint density at radius 1 is 1.17 bits per heavy atom. The molecule has 2 N–H and O–H groups in total. The van der Waals surface area contributed by atoms with E-state index in [0.717, 1.165) is 83.9 Å². The summed E-state index contributed by atoms with van der Waals surface area (Å²) in [5.41, 5.74) is 9.31. The summed E-state index contributed by atoms with van der Waals surface area (Å²) >= 11 is 0. The average molecular weight is 470 g/mol. The van der Waals surface area contributed by atoms with Crippen molar-refractivity contribution in [2.75, 3.05) is 33.4 Å². The van der Waals surface area contributed by atoms with Crippen molar-refractivity contribution in [1.82, 2.24) is 25.1 Å². The van der Waals surface area contributed by atoms with Gasteiger partial charge in [-0.3, -0.25) is 10.1 Å². The number of β-amino-alcohol motifs (C(OH)–C–C–N with tert-alkyl or cyclic N) is 1. The van der Waals surface area contributed by atoms with Crippen LogP contribution in [-0.2, 0) is 18.3 Å². The summed E-state index contributed by atoms with van der Waals surface area (Å²) in [5.74, 6) is 0.753. The fourth-order valence-electron chi connectivity index (χ4n) is 5.81. The molecule has 0 spiro atoms. The number of hydrogen-bond donors (Lipinski definition) is 2. The summed E-state index contributed by atoms with van der Waals surface area (Å²) < 4.78 is 5.75. The molecule has 4 aromatic rings. The molecule has 6 rings (SSSR count). The number of fused-ring (bicyclic) bond motifs is 2. The van der Waals surface area contributed by atoms with E-state index in [2.05, 4.69) is 52.4 Å². The number of rotatable bonds is 6. The Balaban J connectivity index is 1.38. The number of methoxy groups -OCH3 is 1. The zero-order valence-electron chi connectivity index (χ0n) is 20.3. The van der Waals surface area contributed by atoms with Crippen LogP contribution in [0, 0.1) is 0 Å². The first-order chi connectivity index (χ1) is 17.1. The molecule has 2 aliphatic rings. The molecule has 0 amide bonds. The first-order valence-corrected chi connectivity index (χ1v) is 12.4. The molecule has 7 heteroatoms. The second-order valence-corrected chi connectivity index (χ2v) is 10.0. The van der Waals surface area contributed by atoms with Gasteiger partial charge in [0.15, 0.2) is 0 Å². The van der Waals surface area contributed by atoms with Gasteiger partial charge in [-0.2, -0.15) is 5.10 Å². The molecular weight excluding hydrogens is 438 g/mol. The predicted octanol–water partition coefficient (Wildman–Crippen LogP) is 4.14. The minimum absolute atomic E-state index is 0.00614. The van der Waals surface area contributed by atoms with Gasteiger partial charge < -0.3 is 14.7 Å². The highest BCUT2D eigenvalue weighted by Gasteiger charge is 2.36. The minimum Gasteiger partial charge on any atom is -0.494 e. The summed E-state index contributed by atoms with van der Waals surface area (Å²) in [5, 5.41) is 17.0. The van der Waals surface area contributed by atoms with Crippen LogP contribution in [0.5, 0.6) is 5.75 Å². The number of H-pyrrole nitrogens is 1. The van der Waals surface area contributed by atoms with Crippen molar-refractivity contribution in [2.45, 2.75) is 38.0 Å². The van der Waals surface area contributed by atoms with Crippen LogP contribution in [0.25, 0.3) is 33.5 Å². The molecule has 1 unspecified atom stereocenters. The lowest BCUT2D eigenvalue weighted by atomic mass is 9.85. The van der Waals surface area contributed by atoms with Gasteiger partial charge in [0.25, 0.3) is 0 Å². The molecule has 3 aromatic heterocycles. The average Bonchev–Trinajstić information content (AvgIpc) is 3.62. The summed E-state index contributed by atoms with van der Waals surface area (Å²) in [7, 11) is 1.70. The maximum atomic E-state index is 9.29. The number of benzene rings is 1. The van der Waals surface area contributed by atoms with E-state index < -0.39 is 0 Å². The second kappa shape index (κ2) is 8.73. The number of hydrogen-bond acceptors (Lipinski definition) is 6. The molecule has 0 radical (unpaired) electrons. The fourth-order valence-corrected chi connectivity index (χ4v) is 5.81. The van der Waals surface area contributed by atoms with Crippen LogP contribution < -0.4 is 4.74 Å². The maximum absolute atomic E-state index is 9.29. The lowest BCUT2D eigenvalue weighted by Gasteiger charge is -2.24. The highest BCUT2D eigenvalue weighted by Crippen LogP contribution is 2.39. The third kappa shape index (κ3) is 3.79. The fraction of sp³-hybridized carbons (Fsp3) is 0.393. The molecule has 35 heavy (non-hydrogen) atoms. The lowest BCUT2D eigenvalue weighted by Crippen LogP contribution is -2.30. The van der Waals surface area contributed by atoms with Gasteiger partial charge in [0, 0.05) is 47.6 Å². The van der Waals surface area contributed by atoms with Crippen LogP contribution in [0.1, 0.15) is 36.6 Å². The number of nitrogens with zero attached hydrogens (tertiary/aromatic N) is 4. The van der Waals surface area contributed by atoms with E-state index in [1.165, 1.54) is 17.5 Å². The van der Waals surface area contributed by atoms with Crippen molar-refractivity contribution in [3.63, 3.8) is 0 Å². The summed E-state index contributed by atoms with van der Waals surface area (Å²) in [6, 6.07) is 12.7. The van der Waals surface area contributed by atoms with Gasteiger partial charge in [0.05, 0.1) is 19.2 Å². The van der Waals surface area contributed by atoms with E-state index in [1.807, 2.05) is 12.3 Å². The van der Waals surface area contributed by atoms with E-state index in [1.54, 1.807) is 7.11 Å². The largest absolute Gasteiger partial charge is 0.494 e. The van der Waals surface area contributed by atoms with Gasteiger partial charge in [-0.15, -0.1) is 0 Å². The molecule has 1 fully saturated rings. The van der Waals surface area contributed by atoms with Gasteiger partial charge in [-0.25, -0.2) is 4.98 Å². The normalized spacial score (nSPS) is 20.0. The topological polar surface area (TPSA) is 87.2 Å². The first kappa shape index (κ1) is 22.2. The molecule has 180 valence electrons. The van der Waals surface area contributed by atoms with Crippen molar-refractivity contribution < 1.29 is 9.84 Å². The van der Waals surface area contributed by atoms with Crippen LogP contribution in [0.15, 0.2) is 42.6 Å². The zero-order valence-corrected chi connectivity index (χ0v) is 20.3. The van der Waals surface area contributed by atoms with Crippen molar-refractivity contribution in [3.8, 4) is 28.3 Å². The number of aromatic nitrogens is 4. The number of pyridine rings is 2. The van der Waals surface area contributed by atoms with Gasteiger partial charge in [-0.1, -0.05) is 25.1 Å². The van der Waals surface area contributed by atoms with Gasteiger partial charge in [-0.05, 0) is 55.5 Å². The highest BCUT2D eigenvalue weighted by atomic mass is 16.5. The summed E-state index contributed by atoms with van der Waals surface area (Å²) in [4.78, 5) is 12.3. The highest BCUT2D eigenvalue weighted by molar-refractivity contribution is 5.93. The van der Waals surface area contributed by atoms with E-state index in [4.69, 9.17) is 14.7 Å². The molecular formula is C28H31N5O2. The molecule has 1 atom stereocenters. The summed E-state index contributed by atoms with van der Waals surface area (Å²) in [6.45, 7) is 5.07. The maximum Gasteiger partial charge on any atom is 0.147 e. The van der Waals surface area contributed by atoms with Gasteiger partial charge in [0.2, 0.25) is 0 Å². The van der Waals surface area contributed by atoms with Crippen molar-refractivity contribution >= 4 is 11.0 Å². The third-order valence-electron chi connectivity index (χ3n) is 7.74. The SMILES string of the molecule is COc1cc2[nH]nc(-c3ccc(C4(C)CCN(CCO)C4)nc3)c2nc1-c1cccc2c1CCC2. The molecule has 1 saturated heterocycles. The number of aryl methyl sites for hydroxylation is 1. The molecule has 0 saturated carbocycles. The number of nitrogens with one attached hydrogen (secondary N) is 1. The van der Waals surface area contributed by atoms with Crippen molar-refractivity contribution in [1.29, 1.82) is 0 Å². The Morgan fingerprint density at radius 2 is 2.09 bits per heavy atom. The Labute approximate surface area is 205 Å². The molecule has 1 aromatic carbocycles. The van der Waals surface area contributed by atoms with E-state index in [-0.39, 0.29) is 12.0 Å². The number of likely N-dealkylation sites (tertiary alicyclic amines) is 1. The molecule has 1 aliphatic carbocycles. The molecule has 0 bridgehead atoms. The second-order valence-electron chi connectivity index (χ2n) is 10.0. The van der Waals surface area contributed by atoms with Gasteiger partial charge in [0.1, 0.15) is 22.7 Å². The standard InChI is InChI=1S/C28H31N5O2/c1-28(11-12-33(17-28)13-14-34)24-10-9-19(16-29-24)25-27-22(31-32-25)15-23(35-2)26(30-27)21-8-4-6-18-5-3-7-20(18)21/h4,6,8-10,15-16,34H,3,5,7,11-14,17H2,1-2H3,(H,31,32). The first-order valence-electron chi connectivity index (χ1n) is 12.4. The van der Waals surface area contributed by atoms with E-state index >= 15 is 0 Å². The molecule has 4 heterocycles. The van der Waals surface area contributed by atoms with Crippen molar-refractivity contribution in [3.05, 3.63) is 59.4 Å². The Bertz CT molecular complexity index is 1380. The van der Waals surface area contributed by atoms with E-state index in [9.17, 15) is 5.11 Å². The number of aromatic amines is 1. The monoisotopic (exact) mass is 469 g/mol. The quantitative estimate of drug-likeness (QED) is 0.441. The van der Waals surface area contributed by atoms with E-state index in [0.29, 0.717) is 0 Å².